The largest absolute Gasteiger partial charge is 0.449 e. The number of amides is 1. The van der Waals surface area contributed by atoms with Gasteiger partial charge >= 0.3 is 5.97 Å². The molecule has 1 aliphatic rings. The van der Waals surface area contributed by atoms with E-state index in [9.17, 15) is 19.7 Å². The number of nitro groups is 1. The van der Waals surface area contributed by atoms with Crippen LogP contribution in [0.1, 0.15) is 30.1 Å². The molecule has 0 bridgehead atoms. The maximum atomic E-state index is 11.9. The summed E-state index contributed by atoms with van der Waals surface area (Å²) in [6.45, 7) is 1.43. The van der Waals surface area contributed by atoms with Gasteiger partial charge in [0.25, 0.3) is 11.6 Å². The summed E-state index contributed by atoms with van der Waals surface area (Å²) >= 11 is 5.83. The van der Waals surface area contributed by atoms with Gasteiger partial charge in [-0.3, -0.25) is 14.9 Å². The Morgan fingerprint density at radius 1 is 1.48 bits per heavy atom. The summed E-state index contributed by atoms with van der Waals surface area (Å²) in [6.07, 6.45) is 0.847. The van der Waals surface area contributed by atoms with E-state index in [1.54, 1.807) is 0 Å². The number of nitrogens with one attached hydrogen (secondary N) is 1. The molecular weight excluding hydrogens is 300 g/mol. The van der Waals surface area contributed by atoms with Gasteiger partial charge in [-0.2, -0.15) is 0 Å². The van der Waals surface area contributed by atoms with Crippen LogP contribution in [0.3, 0.4) is 0 Å². The summed E-state index contributed by atoms with van der Waals surface area (Å²) in [5.41, 5.74) is -0.418. The van der Waals surface area contributed by atoms with Crippen LogP contribution in [0.4, 0.5) is 5.69 Å². The van der Waals surface area contributed by atoms with Gasteiger partial charge in [-0.25, -0.2) is 4.79 Å². The second kappa shape index (κ2) is 6.09. The Balaban J connectivity index is 2.06. The Bertz CT molecular complexity index is 600. The average Bonchev–Trinajstić information content (AvgIpc) is 3.22. The van der Waals surface area contributed by atoms with Gasteiger partial charge in [0.2, 0.25) is 0 Å². The van der Waals surface area contributed by atoms with Crippen molar-refractivity contribution in [3.8, 4) is 0 Å². The average molecular weight is 313 g/mol. The Morgan fingerprint density at radius 3 is 2.71 bits per heavy atom. The number of benzene rings is 1. The summed E-state index contributed by atoms with van der Waals surface area (Å²) in [5, 5.41) is 13.4. The first-order valence-corrected chi connectivity index (χ1v) is 6.71. The summed E-state index contributed by atoms with van der Waals surface area (Å²) in [7, 11) is 0. The molecule has 8 heteroatoms. The number of nitro benzene ring substituents is 1. The van der Waals surface area contributed by atoms with Crippen LogP contribution < -0.4 is 5.32 Å². The summed E-state index contributed by atoms with van der Waals surface area (Å²) < 4.78 is 4.98. The van der Waals surface area contributed by atoms with Crippen LogP contribution in [-0.4, -0.2) is 28.9 Å². The number of ether oxygens (including phenoxy) is 1. The first-order valence-electron chi connectivity index (χ1n) is 6.34. The Kier molecular flexibility index (Phi) is 4.42. The highest BCUT2D eigenvalue weighted by Crippen LogP contribution is 2.23. The number of non-ortho nitro benzene ring substituents is 1. The van der Waals surface area contributed by atoms with E-state index < -0.39 is 22.9 Å². The molecule has 1 amide bonds. The van der Waals surface area contributed by atoms with Crippen molar-refractivity contribution in [2.75, 3.05) is 0 Å². The number of hydrogen-bond acceptors (Lipinski definition) is 5. The van der Waals surface area contributed by atoms with Crippen LogP contribution in [0, 0.1) is 10.1 Å². The molecule has 1 atom stereocenters. The second-order valence-electron chi connectivity index (χ2n) is 4.75. The van der Waals surface area contributed by atoms with Gasteiger partial charge in [0.05, 0.1) is 15.5 Å². The van der Waals surface area contributed by atoms with E-state index in [1.165, 1.54) is 19.1 Å². The lowest BCUT2D eigenvalue weighted by Crippen LogP contribution is -2.37. The Labute approximate surface area is 125 Å². The highest BCUT2D eigenvalue weighted by molar-refractivity contribution is 6.33. The van der Waals surface area contributed by atoms with Gasteiger partial charge in [-0.15, -0.1) is 0 Å². The van der Waals surface area contributed by atoms with Crippen molar-refractivity contribution >= 4 is 29.2 Å². The van der Waals surface area contributed by atoms with Crippen molar-refractivity contribution in [1.29, 1.82) is 0 Å². The highest BCUT2D eigenvalue weighted by Gasteiger charge is 2.28. The summed E-state index contributed by atoms with van der Waals surface area (Å²) in [4.78, 5) is 33.7. The lowest BCUT2D eigenvalue weighted by atomic mass is 10.2. The molecule has 0 saturated heterocycles. The number of halogens is 1. The van der Waals surface area contributed by atoms with Gasteiger partial charge in [0.1, 0.15) is 0 Å². The molecule has 21 heavy (non-hydrogen) atoms. The molecule has 0 unspecified atom stereocenters. The fourth-order valence-electron chi connectivity index (χ4n) is 1.61. The number of rotatable bonds is 5. The van der Waals surface area contributed by atoms with E-state index in [-0.39, 0.29) is 22.3 Å². The van der Waals surface area contributed by atoms with Crippen molar-refractivity contribution in [2.45, 2.75) is 31.9 Å². The minimum atomic E-state index is -0.992. The number of carbonyl (C=O) groups is 2. The van der Waals surface area contributed by atoms with E-state index in [4.69, 9.17) is 16.3 Å². The minimum Gasteiger partial charge on any atom is -0.449 e. The fourth-order valence-corrected chi connectivity index (χ4v) is 1.80. The molecule has 2 rings (SSSR count). The molecule has 0 radical (unpaired) electrons. The Hall–Kier alpha value is -2.15. The molecular formula is C13H13ClN2O5. The van der Waals surface area contributed by atoms with Crippen molar-refractivity contribution in [1.82, 2.24) is 5.32 Å². The van der Waals surface area contributed by atoms with Crippen molar-refractivity contribution in [3.05, 3.63) is 38.9 Å². The smallest absolute Gasteiger partial charge is 0.340 e. The lowest BCUT2D eigenvalue weighted by Gasteiger charge is -2.13. The van der Waals surface area contributed by atoms with Crippen molar-refractivity contribution in [3.63, 3.8) is 0 Å². The zero-order valence-electron chi connectivity index (χ0n) is 11.2. The van der Waals surface area contributed by atoms with E-state index in [0.29, 0.717) is 0 Å². The summed E-state index contributed by atoms with van der Waals surface area (Å²) in [6, 6.07) is 3.60. The van der Waals surface area contributed by atoms with Gasteiger partial charge in [0.15, 0.2) is 6.10 Å². The quantitative estimate of drug-likeness (QED) is 0.510. The molecule has 7 nitrogen and oxygen atoms in total. The van der Waals surface area contributed by atoms with Gasteiger partial charge in [-0.1, -0.05) is 11.6 Å². The number of hydrogen-bond donors (Lipinski definition) is 1. The molecule has 1 N–H and O–H groups in total. The van der Waals surface area contributed by atoms with Gasteiger partial charge in [0, 0.05) is 18.2 Å². The van der Waals surface area contributed by atoms with Crippen LogP contribution in [0.5, 0.6) is 0 Å². The van der Waals surface area contributed by atoms with Crippen LogP contribution in [0.15, 0.2) is 18.2 Å². The molecule has 1 aromatic rings. The minimum absolute atomic E-state index is 0.0281. The number of nitrogens with zero attached hydrogens (tertiary/aromatic N) is 1. The molecule has 1 saturated carbocycles. The molecule has 0 aliphatic heterocycles. The first-order chi connectivity index (χ1) is 9.88. The molecule has 0 aromatic heterocycles. The number of carbonyl (C=O) groups excluding carboxylic acids is 2. The molecule has 0 heterocycles. The monoisotopic (exact) mass is 312 g/mol. The Morgan fingerprint density at radius 2 is 2.14 bits per heavy atom. The van der Waals surface area contributed by atoms with E-state index in [0.717, 1.165) is 18.9 Å². The maximum absolute atomic E-state index is 11.9. The zero-order valence-corrected chi connectivity index (χ0v) is 11.9. The van der Waals surface area contributed by atoms with E-state index >= 15 is 0 Å². The molecule has 112 valence electrons. The van der Waals surface area contributed by atoms with Crippen LogP contribution in [-0.2, 0) is 9.53 Å². The SMILES string of the molecule is C[C@H](OC(=O)c1cc([N+](=O)[O-])ccc1Cl)C(=O)NC1CC1. The van der Waals surface area contributed by atoms with Crippen LogP contribution in [0.2, 0.25) is 5.02 Å². The topological polar surface area (TPSA) is 98.5 Å². The lowest BCUT2D eigenvalue weighted by molar-refractivity contribution is -0.384. The molecule has 1 fully saturated rings. The van der Waals surface area contributed by atoms with Gasteiger partial charge in [-0.05, 0) is 25.8 Å². The third-order valence-corrected chi connectivity index (χ3v) is 3.29. The third kappa shape index (κ3) is 3.91. The predicted molar refractivity (Wildman–Crippen MR) is 74.1 cm³/mol. The number of esters is 1. The van der Waals surface area contributed by atoms with Crippen molar-refractivity contribution in [2.24, 2.45) is 0 Å². The third-order valence-electron chi connectivity index (χ3n) is 2.96. The van der Waals surface area contributed by atoms with E-state index in [1.807, 2.05) is 0 Å². The zero-order chi connectivity index (χ0) is 15.6. The maximum Gasteiger partial charge on any atom is 0.340 e. The van der Waals surface area contributed by atoms with E-state index in [2.05, 4.69) is 5.32 Å². The van der Waals surface area contributed by atoms with Crippen molar-refractivity contribution < 1.29 is 19.2 Å². The van der Waals surface area contributed by atoms with Crippen LogP contribution in [0.25, 0.3) is 0 Å². The fraction of sp³-hybridized carbons (Fsp3) is 0.385. The first kappa shape index (κ1) is 15.2. The standard InChI is InChI=1S/C13H13ClN2O5/c1-7(12(17)15-8-2-3-8)21-13(18)10-6-9(16(19)20)4-5-11(10)14/h4-8H,2-3H2,1H3,(H,15,17)/t7-/m0/s1. The van der Waals surface area contributed by atoms with Gasteiger partial charge < -0.3 is 10.1 Å². The molecule has 0 spiro atoms. The predicted octanol–water partition coefficient (Wildman–Crippen LogP) is 2.07. The second-order valence-corrected chi connectivity index (χ2v) is 5.16. The summed E-state index contributed by atoms with van der Waals surface area (Å²) in [5.74, 6) is -1.27. The molecule has 1 aliphatic carbocycles. The highest BCUT2D eigenvalue weighted by atomic mass is 35.5. The van der Waals surface area contributed by atoms with Crippen LogP contribution >= 0.6 is 11.6 Å². The normalized spacial score (nSPS) is 15.1. The molecule has 1 aromatic carbocycles.